The summed E-state index contributed by atoms with van der Waals surface area (Å²) < 4.78 is 0. The molecular weight excluding hydrogens is 230 g/mol. The molecular formula is C14H25NO3. The van der Waals surface area contributed by atoms with Gasteiger partial charge in [-0.25, -0.2) is 0 Å². The number of amides is 1. The average Bonchev–Trinajstić information content (AvgIpc) is 2.37. The fraction of sp³-hybridized carbons (Fsp3) is 0.857. The van der Waals surface area contributed by atoms with E-state index in [1.807, 2.05) is 0 Å². The van der Waals surface area contributed by atoms with Gasteiger partial charge in [-0.2, -0.15) is 0 Å². The molecule has 0 spiro atoms. The second-order valence-corrected chi connectivity index (χ2v) is 5.93. The first-order valence-corrected chi connectivity index (χ1v) is 6.82. The van der Waals surface area contributed by atoms with Gasteiger partial charge in [0.2, 0.25) is 5.91 Å². The highest BCUT2D eigenvalue weighted by Gasteiger charge is 2.42. The third-order valence-corrected chi connectivity index (χ3v) is 4.68. The van der Waals surface area contributed by atoms with E-state index in [1.54, 1.807) is 4.90 Å². The highest BCUT2D eigenvalue weighted by molar-refractivity contribution is 6.01. The van der Waals surface area contributed by atoms with Crippen LogP contribution in [0.4, 0.5) is 0 Å². The number of piperidine rings is 1. The molecule has 4 nitrogen and oxygen atoms in total. The summed E-state index contributed by atoms with van der Waals surface area (Å²) in [5.41, 5.74) is -0.956. The number of carboxylic acids is 1. The highest BCUT2D eigenvalue weighted by Crippen LogP contribution is 2.38. The molecule has 1 aliphatic heterocycles. The zero-order valence-corrected chi connectivity index (χ0v) is 12.0. The Morgan fingerprint density at radius 2 is 1.61 bits per heavy atom. The second-order valence-electron chi connectivity index (χ2n) is 5.93. The van der Waals surface area contributed by atoms with E-state index in [4.69, 9.17) is 5.11 Å². The van der Waals surface area contributed by atoms with Crippen LogP contribution < -0.4 is 0 Å². The summed E-state index contributed by atoms with van der Waals surface area (Å²) in [4.78, 5) is 25.0. The van der Waals surface area contributed by atoms with Crippen molar-refractivity contribution in [2.45, 2.75) is 53.4 Å². The SMILES string of the molecule is CCC1(CC)CCN(C(=O)C(C)(C)C(=O)O)CC1. The van der Waals surface area contributed by atoms with Crippen molar-refractivity contribution in [1.82, 2.24) is 4.90 Å². The minimum Gasteiger partial charge on any atom is -0.480 e. The third-order valence-electron chi connectivity index (χ3n) is 4.68. The molecule has 1 saturated heterocycles. The molecule has 0 atom stereocenters. The smallest absolute Gasteiger partial charge is 0.318 e. The Morgan fingerprint density at radius 3 is 1.94 bits per heavy atom. The van der Waals surface area contributed by atoms with Gasteiger partial charge in [0, 0.05) is 13.1 Å². The Hall–Kier alpha value is -1.06. The van der Waals surface area contributed by atoms with E-state index in [1.165, 1.54) is 13.8 Å². The Balaban J connectivity index is 2.69. The van der Waals surface area contributed by atoms with Gasteiger partial charge in [-0.3, -0.25) is 9.59 Å². The van der Waals surface area contributed by atoms with Crippen LogP contribution >= 0.6 is 0 Å². The lowest BCUT2D eigenvalue weighted by atomic mass is 9.74. The van der Waals surface area contributed by atoms with Gasteiger partial charge in [0.05, 0.1) is 0 Å². The van der Waals surface area contributed by atoms with Crippen molar-refractivity contribution in [3.63, 3.8) is 0 Å². The molecule has 4 heteroatoms. The lowest BCUT2D eigenvalue weighted by molar-refractivity contribution is -0.159. The molecule has 1 heterocycles. The molecule has 0 aromatic heterocycles. The Kier molecular flexibility index (Phi) is 4.41. The average molecular weight is 255 g/mol. The number of carbonyl (C=O) groups is 2. The fourth-order valence-electron chi connectivity index (χ4n) is 2.63. The molecule has 0 aromatic rings. The minimum atomic E-state index is -1.31. The van der Waals surface area contributed by atoms with Gasteiger partial charge in [0.1, 0.15) is 5.41 Å². The second kappa shape index (κ2) is 5.29. The highest BCUT2D eigenvalue weighted by atomic mass is 16.4. The predicted molar refractivity (Wildman–Crippen MR) is 70.2 cm³/mol. The topological polar surface area (TPSA) is 57.6 Å². The van der Waals surface area contributed by atoms with Gasteiger partial charge >= 0.3 is 5.97 Å². The van der Waals surface area contributed by atoms with E-state index in [9.17, 15) is 9.59 Å². The van der Waals surface area contributed by atoms with Crippen molar-refractivity contribution in [2.24, 2.45) is 10.8 Å². The Morgan fingerprint density at radius 1 is 1.17 bits per heavy atom. The zero-order valence-electron chi connectivity index (χ0n) is 12.0. The molecule has 0 radical (unpaired) electrons. The van der Waals surface area contributed by atoms with Crippen LogP contribution in [0.2, 0.25) is 0 Å². The molecule has 1 rings (SSSR count). The van der Waals surface area contributed by atoms with Gasteiger partial charge in [-0.1, -0.05) is 26.7 Å². The summed E-state index contributed by atoms with van der Waals surface area (Å²) in [6, 6.07) is 0. The summed E-state index contributed by atoms with van der Waals surface area (Å²) in [5.74, 6) is -1.30. The van der Waals surface area contributed by atoms with Crippen LogP contribution in [0.3, 0.4) is 0 Å². The van der Waals surface area contributed by atoms with E-state index in [2.05, 4.69) is 13.8 Å². The van der Waals surface area contributed by atoms with Crippen molar-refractivity contribution in [3.8, 4) is 0 Å². The van der Waals surface area contributed by atoms with E-state index in [0.717, 1.165) is 25.7 Å². The maximum Gasteiger partial charge on any atom is 0.318 e. The number of hydrogen-bond donors (Lipinski definition) is 1. The molecule has 0 aliphatic carbocycles. The van der Waals surface area contributed by atoms with Crippen LogP contribution in [0, 0.1) is 10.8 Å². The van der Waals surface area contributed by atoms with Crippen LogP contribution in [-0.2, 0) is 9.59 Å². The Bertz CT molecular complexity index is 322. The van der Waals surface area contributed by atoms with E-state index in [-0.39, 0.29) is 5.91 Å². The van der Waals surface area contributed by atoms with E-state index in [0.29, 0.717) is 18.5 Å². The molecule has 0 unspecified atom stereocenters. The molecule has 1 amide bonds. The minimum absolute atomic E-state index is 0.254. The van der Waals surface area contributed by atoms with Gasteiger partial charge < -0.3 is 10.0 Å². The van der Waals surface area contributed by atoms with E-state index < -0.39 is 11.4 Å². The summed E-state index contributed by atoms with van der Waals surface area (Å²) in [7, 11) is 0. The first-order chi connectivity index (χ1) is 8.29. The number of likely N-dealkylation sites (tertiary alicyclic amines) is 1. The first-order valence-electron chi connectivity index (χ1n) is 6.82. The van der Waals surface area contributed by atoms with Crippen molar-refractivity contribution in [3.05, 3.63) is 0 Å². The van der Waals surface area contributed by atoms with Crippen LogP contribution in [0.15, 0.2) is 0 Å². The van der Waals surface area contributed by atoms with Gasteiger partial charge in [-0.15, -0.1) is 0 Å². The lowest BCUT2D eigenvalue weighted by Gasteiger charge is -2.42. The lowest BCUT2D eigenvalue weighted by Crippen LogP contribution is -2.50. The van der Waals surface area contributed by atoms with Crippen molar-refractivity contribution < 1.29 is 14.7 Å². The molecule has 18 heavy (non-hydrogen) atoms. The van der Waals surface area contributed by atoms with Crippen molar-refractivity contribution in [1.29, 1.82) is 0 Å². The number of carboxylic acid groups (broad SMARTS) is 1. The van der Waals surface area contributed by atoms with Gasteiger partial charge in [0.25, 0.3) is 0 Å². The van der Waals surface area contributed by atoms with Crippen LogP contribution in [0.1, 0.15) is 53.4 Å². The van der Waals surface area contributed by atoms with E-state index >= 15 is 0 Å². The number of nitrogens with zero attached hydrogens (tertiary/aromatic N) is 1. The van der Waals surface area contributed by atoms with Crippen LogP contribution in [0.25, 0.3) is 0 Å². The molecule has 104 valence electrons. The van der Waals surface area contributed by atoms with Crippen molar-refractivity contribution >= 4 is 11.9 Å². The Labute approximate surface area is 109 Å². The fourth-order valence-corrected chi connectivity index (χ4v) is 2.63. The quantitative estimate of drug-likeness (QED) is 0.785. The normalized spacial score (nSPS) is 19.7. The summed E-state index contributed by atoms with van der Waals surface area (Å²) >= 11 is 0. The largest absolute Gasteiger partial charge is 0.480 e. The molecule has 0 aromatic carbocycles. The predicted octanol–water partition coefficient (Wildman–Crippen LogP) is 2.53. The number of carbonyl (C=O) groups excluding carboxylic acids is 1. The molecule has 1 aliphatic rings. The van der Waals surface area contributed by atoms with Gasteiger partial charge in [-0.05, 0) is 32.1 Å². The zero-order chi connectivity index (χ0) is 14.0. The third kappa shape index (κ3) is 2.68. The van der Waals surface area contributed by atoms with Gasteiger partial charge in [0.15, 0.2) is 0 Å². The monoisotopic (exact) mass is 255 g/mol. The number of rotatable bonds is 4. The molecule has 0 bridgehead atoms. The summed E-state index contributed by atoms with van der Waals surface area (Å²) in [6.07, 6.45) is 4.24. The maximum absolute atomic E-state index is 12.2. The molecule has 1 N–H and O–H groups in total. The summed E-state index contributed by atoms with van der Waals surface area (Å²) in [6.45, 7) is 8.75. The van der Waals surface area contributed by atoms with Crippen LogP contribution in [-0.4, -0.2) is 35.0 Å². The summed E-state index contributed by atoms with van der Waals surface area (Å²) in [5, 5.41) is 9.09. The van der Waals surface area contributed by atoms with Crippen LogP contribution in [0.5, 0.6) is 0 Å². The number of aliphatic carboxylic acids is 1. The molecule has 1 fully saturated rings. The maximum atomic E-state index is 12.2. The number of hydrogen-bond acceptors (Lipinski definition) is 2. The van der Waals surface area contributed by atoms with Crippen molar-refractivity contribution in [2.75, 3.05) is 13.1 Å². The molecule has 0 saturated carbocycles. The first kappa shape index (κ1) is 15.0. The standard InChI is InChI=1S/C14H25NO3/c1-5-14(6-2)7-9-15(10-8-14)11(16)13(3,4)12(17)18/h5-10H2,1-4H3,(H,17,18).